The van der Waals surface area contributed by atoms with Crippen LogP contribution in [0.25, 0.3) is 0 Å². The molecule has 0 atom stereocenters. The Labute approximate surface area is 95.4 Å². The highest BCUT2D eigenvalue weighted by atomic mass is 16.5. The molecule has 1 aromatic rings. The lowest BCUT2D eigenvalue weighted by atomic mass is 9.90. The van der Waals surface area contributed by atoms with Gasteiger partial charge in [0.1, 0.15) is 6.33 Å². The summed E-state index contributed by atoms with van der Waals surface area (Å²) in [4.78, 5) is 8.89. The second kappa shape index (κ2) is 4.47. The van der Waals surface area contributed by atoms with Crippen molar-refractivity contribution in [3.63, 3.8) is 0 Å². The van der Waals surface area contributed by atoms with Crippen LogP contribution in [0.15, 0.2) is 6.33 Å². The van der Waals surface area contributed by atoms with Crippen molar-refractivity contribution in [3.8, 4) is 0 Å². The van der Waals surface area contributed by atoms with E-state index in [1.54, 1.807) is 6.33 Å². The van der Waals surface area contributed by atoms with E-state index in [1.807, 2.05) is 0 Å². The van der Waals surface area contributed by atoms with Crippen molar-refractivity contribution < 1.29 is 4.74 Å². The van der Waals surface area contributed by atoms with E-state index < -0.39 is 0 Å². The zero-order valence-corrected chi connectivity index (χ0v) is 9.41. The molecule has 1 N–H and O–H groups in total. The maximum Gasteiger partial charge on any atom is 0.116 e. The fraction of sp³-hybridized carbons (Fsp3) is 0.667. The van der Waals surface area contributed by atoms with Gasteiger partial charge in [-0.15, -0.1) is 0 Å². The number of nitrogens with zero attached hydrogens (tertiary/aromatic N) is 2. The van der Waals surface area contributed by atoms with Crippen molar-refractivity contribution in [2.24, 2.45) is 0 Å². The highest BCUT2D eigenvalue weighted by Crippen LogP contribution is 2.29. The summed E-state index contributed by atoms with van der Waals surface area (Å²) in [5.41, 5.74) is 3.88. The minimum atomic E-state index is 0.587. The molecule has 0 amide bonds. The van der Waals surface area contributed by atoms with Gasteiger partial charge in [-0.3, -0.25) is 0 Å². The number of aromatic nitrogens is 2. The van der Waals surface area contributed by atoms with Gasteiger partial charge in [-0.2, -0.15) is 0 Å². The van der Waals surface area contributed by atoms with E-state index in [-0.39, 0.29) is 0 Å². The molecule has 2 aliphatic rings. The Morgan fingerprint density at radius 1 is 1.25 bits per heavy atom. The quantitative estimate of drug-likeness (QED) is 0.766. The van der Waals surface area contributed by atoms with Gasteiger partial charge < -0.3 is 10.1 Å². The summed E-state index contributed by atoms with van der Waals surface area (Å²) >= 11 is 0. The first kappa shape index (κ1) is 10.2. The minimum absolute atomic E-state index is 0.587. The normalized spacial score (nSPS) is 21.8. The maximum atomic E-state index is 5.41. The lowest BCUT2D eigenvalue weighted by Crippen LogP contribution is -2.27. The van der Waals surface area contributed by atoms with E-state index in [1.165, 1.54) is 17.0 Å². The maximum absolute atomic E-state index is 5.41. The number of ether oxygens (including phenoxy) is 1. The van der Waals surface area contributed by atoms with E-state index in [0.717, 1.165) is 45.6 Å². The van der Waals surface area contributed by atoms with Gasteiger partial charge in [0.15, 0.2) is 0 Å². The first-order chi connectivity index (χ1) is 7.95. The molecule has 0 saturated carbocycles. The molecule has 16 heavy (non-hydrogen) atoms. The van der Waals surface area contributed by atoms with E-state index in [2.05, 4.69) is 15.3 Å². The molecule has 0 aliphatic carbocycles. The number of nitrogens with one attached hydrogen (secondary N) is 1. The molecule has 4 heteroatoms. The van der Waals surface area contributed by atoms with Gasteiger partial charge in [-0.05, 0) is 31.4 Å². The fourth-order valence-corrected chi connectivity index (χ4v) is 2.63. The lowest BCUT2D eigenvalue weighted by molar-refractivity contribution is 0.0842. The Balaban J connectivity index is 1.93. The van der Waals surface area contributed by atoms with Gasteiger partial charge >= 0.3 is 0 Å². The molecule has 0 unspecified atom stereocenters. The fourth-order valence-electron chi connectivity index (χ4n) is 2.63. The molecule has 2 aliphatic heterocycles. The van der Waals surface area contributed by atoms with Crippen LogP contribution in [-0.4, -0.2) is 29.7 Å². The minimum Gasteiger partial charge on any atom is -0.381 e. The van der Waals surface area contributed by atoms with Gasteiger partial charge in [0.2, 0.25) is 0 Å². The molecule has 0 bridgehead atoms. The summed E-state index contributed by atoms with van der Waals surface area (Å²) in [5, 5.41) is 3.36. The summed E-state index contributed by atoms with van der Waals surface area (Å²) in [7, 11) is 0. The Hall–Kier alpha value is -1.00. The highest BCUT2D eigenvalue weighted by Gasteiger charge is 2.23. The molecular formula is C12H17N3O. The average molecular weight is 219 g/mol. The van der Waals surface area contributed by atoms with E-state index >= 15 is 0 Å². The smallest absolute Gasteiger partial charge is 0.116 e. The monoisotopic (exact) mass is 219 g/mol. The number of rotatable bonds is 1. The van der Waals surface area contributed by atoms with Gasteiger partial charge in [0.25, 0.3) is 0 Å². The molecule has 86 valence electrons. The molecule has 3 rings (SSSR count). The van der Waals surface area contributed by atoms with Crippen LogP contribution in [0.1, 0.15) is 35.7 Å². The molecule has 0 aromatic carbocycles. The van der Waals surface area contributed by atoms with Crippen molar-refractivity contribution in [1.29, 1.82) is 0 Å². The molecular weight excluding hydrogens is 202 g/mol. The molecule has 4 nitrogen and oxygen atoms in total. The van der Waals surface area contributed by atoms with Crippen molar-refractivity contribution in [2.45, 2.75) is 31.7 Å². The summed E-state index contributed by atoms with van der Waals surface area (Å²) in [6, 6.07) is 0. The van der Waals surface area contributed by atoms with Crippen LogP contribution < -0.4 is 5.32 Å². The Morgan fingerprint density at radius 2 is 2.12 bits per heavy atom. The number of hydrogen-bond acceptors (Lipinski definition) is 4. The Morgan fingerprint density at radius 3 is 3.00 bits per heavy atom. The summed E-state index contributed by atoms with van der Waals surface area (Å²) < 4.78 is 5.41. The summed E-state index contributed by atoms with van der Waals surface area (Å²) in [6.07, 6.45) is 5.01. The van der Waals surface area contributed by atoms with Crippen molar-refractivity contribution >= 4 is 0 Å². The highest BCUT2D eigenvalue weighted by molar-refractivity contribution is 5.29. The van der Waals surface area contributed by atoms with E-state index in [0.29, 0.717) is 5.92 Å². The van der Waals surface area contributed by atoms with E-state index in [4.69, 9.17) is 4.74 Å². The molecule has 0 radical (unpaired) electrons. The zero-order chi connectivity index (χ0) is 10.8. The topological polar surface area (TPSA) is 47.0 Å². The first-order valence-electron chi connectivity index (χ1n) is 6.06. The van der Waals surface area contributed by atoms with Crippen LogP contribution in [0, 0.1) is 0 Å². The molecule has 0 spiro atoms. The van der Waals surface area contributed by atoms with Gasteiger partial charge in [0.05, 0.1) is 11.4 Å². The zero-order valence-electron chi connectivity index (χ0n) is 9.41. The molecule has 3 heterocycles. The molecule has 1 fully saturated rings. The predicted octanol–water partition coefficient (Wildman–Crippen LogP) is 1.02. The Kier molecular flexibility index (Phi) is 2.84. The van der Waals surface area contributed by atoms with Crippen LogP contribution in [0.3, 0.4) is 0 Å². The number of fused-ring (bicyclic) bond motifs is 1. The van der Waals surface area contributed by atoms with Crippen molar-refractivity contribution in [3.05, 3.63) is 23.3 Å². The second-order valence-corrected chi connectivity index (χ2v) is 4.50. The first-order valence-corrected chi connectivity index (χ1v) is 6.06. The molecule has 1 saturated heterocycles. The van der Waals surface area contributed by atoms with Crippen LogP contribution in [-0.2, 0) is 17.7 Å². The van der Waals surface area contributed by atoms with Gasteiger partial charge in [0, 0.05) is 25.7 Å². The molecule has 1 aromatic heterocycles. The Bertz CT molecular complexity index is 375. The van der Waals surface area contributed by atoms with Gasteiger partial charge in [-0.1, -0.05) is 0 Å². The second-order valence-electron chi connectivity index (χ2n) is 4.50. The standard InChI is InChI=1S/C12H17N3O/c1-4-13-7-11-10(1)12(15-8-14-11)9-2-5-16-6-3-9/h8-9,13H,1-7H2. The lowest BCUT2D eigenvalue weighted by Gasteiger charge is -2.26. The third-order valence-corrected chi connectivity index (χ3v) is 3.52. The van der Waals surface area contributed by atoms with Crippen LogP contribution >= 0.6 is 0 Å². The van der Waals surface area contributed by atoms with Crippen LogP contribution in [0.2, 0.25) is 0 Å². The predicted molar refractivity (Wildman–Crippen MR) is 60.2 cm³/mol. The SMILES string of the molecule is c1nc2c(c(C3CCOCC3)n1)CCNC2. The van der Waals surface area contributed by atoms with Crippen LogP contribution in [0.5, 0.6) is 0 Å². The van der Waals surface area contributed by atoms with Crippen molar-refractivity contribution in [2.75, 3.05) is 19.8 Å². The van der Waals surface area contributed by atoms with E-state index in [9.17, 15) is 0 Å². The third kappa shape index (κ3) is 1.83. The number of hydrogen-bond donors (Lipinski definition) is 1. The van der Waals surface area contributed by atoms with Crippen molar-refractivity contribution in [1.82, 2.24) is 15.3 Å². The average Bonchev–Trinajstić information content (AvgIpc) is 2.39. The van der Waals surface area contributed by atoms with Crippen LogP contribution in [0.4, 0.5) is 0 Å². The summed E-state index contributed by atoms with van der Waals surface area (Å²) in [5.74, 6) is 0.587. The summed E-state index contributed by atoms with van der Waals surface area (Å²) in [6.45, 7) is 3.70. The largest absolute Gasteiger partial charge is 0.381 e. The third-order valence-electron chi connectivity index (χ3n) is 3.52. The van der Waals surface area contributed by atoms with Gasteiger partial charge in [-0.25, -0.2) is 9.97 Å².